The van der Waals surface area contributed by atoms with Gasteiger partial charge in [-0.25, -0.2) is 0 Å². The van der Waals surface area contributed by atoms with E-state index in [0.717, 1.165) is 6.07 Å². The van der Waals surface area contributed by atoms with Gasteiger partial charge in [-0.1, -0.05) is 31.9 Å². The fourth-order valence-electron chi connectivity index (χ4n) is 0.654. The van der Waals surface area contributed by atoms with Crippen molar-refractivity contribution >= 4 is 31.9 Å². The fourth-order valence-corrected chi connectivity index (χ4v) is 1.88. The van der Waals surface area contributed by atoms with E-state index in [1.165, 1.54) is 6.07 Å². The summed E-state index contributed by atoms with van der Waals surface area (Å²) in [7, 11) is 0. The maximum absolute atomic E-state index is 12.1. The smallest absolute Gasteiger partial charge is 0.166 e. The SMILES string of the molecule is FC(F)(F)c1[c]c(Br)cc(Br)c1. The molecule has 12 heavy (non-hydrogen) atoms. The molecule has 0 heterocycles. The Bertz CT molecular complexity index is 273. The molecule has 0 nitrogen and oxygen atoms in total. The molecule has 0 aliphatic carbocycles. The molecule has 0 atom stereocenters. The second-order valence-electron chi connectivity index (χ2n) is 2.06. The van der Waals surface area contributed by atoms with Crippen LogP contribution in [0.3, 0.4) is 0 Å². The molecule has 1 radical (unpaired) electrons. The Morgan fingerprint density at radius 2 is 1.75 bits per heavy atom. The van der Waals surface area contributed by atoms with Gasteiger partial charge in [0, 0.05) is 15.0 Å². The summed E-state index contributed by atoms with van der Waals surface area (Å²) >= 11 is 5.88. The van der Waals surface area contributed by atoms with Gasteiger partial charge in [0.2, 0.25) is 0 Å². The highest BCUT2D eigenvalue weighted by Gasteiger charge is 2.31. The first-order chi connectivity index (χ1) is 5.39. The number of hydrogen-bond acceptors (Lipinski definition) is 0. The Labute approximate surface area is 84.0 Å². The topological polar surface area (TPSA) is 0 Å². The number of hydrogen-bond donors (Lipinski definition) is 0. The third-order valence-electron chi connectivity index (χ3n) is 1.11. The van der Waals surface area contributed by atoms with Crippen LogP contribution in [0.5, 0.6) is 0 Å². The summed E-state index contributed by atoms with van der Waals surface area (Å²) in [5.41, 5.74) is -0.788. The summed E-state index contributed by atoms with van der Waals surface area (Å²) in [6.07, 6.45) is -4.34. The van der Waals surface area contributed by atoms with Crippen LogP contribution in [0.15, 0.2) is 21.1 Å². The minimum absolute atomic E-state index is 0.282. The third-order valence-corrected chi connectivity index (χ3v) is 1.99. The lowest BCUT2D eigenvalue weighted by atomic mass is 10.2. The molecule has 0 saturated carbocycles. The molecule has 0 bridgehead atoms. The molecule has 0 N–H and O–H groups in total. The Morgan fingerprint density at radius 1 is 1.17 bits per heavy atom. The van der Waals surface area contributed by atoms with Gasteiger partial charge in [0.1, 0.15) is 0 Å². The molecule has 0 unspecified atom stereocenters. The summed E-state index contributed by atoms with van der Waals surface area (Å²) in [5.74, 6) is 0. The van der Waals surface area contributed by atoms with E-state index in [1.807, 2.05) is 0 Å². The highest BCUT2D eigenvalue weighted by Crippen LogP contribution is 2.32. The highest BCUT2D eigenvalue weighted by molar-refractivity contribution is 9.11. The largest absolute Gasteiger partial charge is 0.417 e. The van der Waals surface area contributed by atoms with Crippen molar-refractivity contribution in [1.82, 2.24) is 0 Å². The standard InChI is InChI=1S/C7H2Br2F3/c8-5-1-4(7(10,11)12)2-6(9)3-5/h1,3H. The van der Waals surface area contributed by atoms with E-state index in [2.05, 4.69) is 37.9 Å². The molecule has 0 amide bonds. The van der Waals surface area contributed by atoms with Gasteiger partial charge in [-0.2, -0.15) is 13.2 Å². The van der Waals surface area contributed by atoms with Crippen LogP contribution in [0.1, 0.15) is 5.56 Å². The number of alkyl halides is 3. The molecule has 1 aromatic rings. The van der Waals surface area contributed by atoms with Crippen molar-refractivity contribution < 1.29 is 13.2 Å². The van der Waals surface area contributed by atoms with Gasteiger partial charge in [-0.3, -0.25) is 0 Å². The maximum atomic E-state index is 12.1. The zero-order valence-corrected chi connectivity index (χ0v) is 8.72. The van der Waals surface area contributed by atoms with Crippen molar-refractivity contribution in [2.24, 2.45) is 0 Å². The Balaban J connectivity index is 3.18. The van der Waals surface area contributed by atoms with Gasteiger partial charge in [0.15, 0.2) is 0 Å². The quantitative estimate of drug-likeness (QED) is 0.679. The Hall–Kier alpha value is -0.0300. The molecule has 1 aromatic carbocycles. The normalized spacial score (nSPS) is 11.8. The predicted octanol–water partition coefficient (Wildman–Crippen LogP) is 4.03. The lowest BCUT2D eigenvalue weighted by molar-refractivity contribution is -0.137. The summed E-state index contributed by atoms with van der Waals surface area (Å²) in [5, 5.41) is 0. The number of halogens is 5. The van der Waals surface area contributed by atoms with E-state index in [1.54, 1.807) is 0 Å². The first kappa shape index (κ1) is 10.1. The first-order valence-corrected chi connectivity index (χ1v) is 4.44. The molecule has 0 aromatic heterocycles. The van der Waals surface area contributed by atoms with Crippen molar-refractivity contribution in [3.05, 3.63) is 32.7 Å². The number of rotatable bonds is 0. The van der Waals surface area contributed by atoms with Crippen molar-refractivity contribution in [1.29, 1.82) is 0 Å². The molecular formula is C7H2Br2F3. The van der Waals surface area contributed by atoms with E-state index >= 15 is 0 Å². The first-order valence-electron chi connectivity index (χ1n) is 2.85. The average molecular weight is 303 g/mol. The zero-order chi connectivity index (χ0) is 9.35. The third kappa shape index (κ3) is 2.48. The fraction of sp³-hybridized carbons (Fsp3) is 0.143. The van der Waals surface area contributed by atoms with Crippen molar-refractivity contribution in [2.45, 2.75) is 6.18 Å². The van der Waals surface area contributed by atoms with Crippen LogP contribution in [0, 0.1) is 6.07 Å². The molecule has 0 aliphatic rings. The minimum Gasteiger partial charge on any atom is -0.166 e. The molecule has 5 heteroatoms. The van der Waals surface area contributed by atoms with Crippen LogP contribution < -0.4 is 0 Å². The van der Waals surface area contributed by atoms with Gasteiger partial charge < -0.3 is 0 Å². The summed E-state index contributed by atoms with van der Waals surface area (Å²) < 4.78 is 36.9. The van der Waals surface area contributed by atoms with Crippen LogP contribution in [0.25, 0.3) is 0 Å². The van der Waals surface area contributed by atoms with Crippen LogP contribution >= 0.6 is 31.9 Å². The molecule has 1 rings (SSSR count). The van der Waals surface area contributed by atoms with E-state index in [-0.39, 0.29) is 4.47 Å². The Kier molecular flexibility index (Phi) is 2.83. The lowest BCUT2D eigenvalue weighted by Crippen LogP contribution is -2.04. The van der Waals surface area contributed by atoms with Gasteiger partial charge >= 0.3 is 6.18 Å². The van der Waals surface area contributed by atoms with Gasteiger partial charge in [0.25, 0.3) is 0 Å². The van der Waals surface area contributed by atoms with Gasteiger partial charge in [-0.15, -0.1) is 0 Å². The second-order valence-corrected chi connectivity index (χ2v) is 3.83. The molecule has 0 saturated heterocycles. The molecule has 0 spiro atoms. The predicted molar refractivity (Wildman–Crippen MR) is 45.7 cm³/mol. The molecule has 0 fully saturated rings. The number of benzene rings is 1. The molecule has 0 aliphatic heterocycles. The van der Waals surface area contributed by atoms with Crippen LogP contribution in [0.4, 0.5) is 13.2 Å². The second kappa shape index (κ2) is 3.38. The van der Waals surface area contributed by atoms with E-state index in [9.17, 15) is 13.2 Å². The van der Waals surface area contributed by atoms with Crippen molar-refractivity contribution in [3.8, 4) is 0 Å². The monoisotopic (exact) mass is 301 g/mol. The van der Waals surface area contributed by atoms with E-state index in [0.29, 0.717) is 4.47 Å². The molecular weight excluding hydrogens is 301 g/mol. The van der Waals surface area contributed by atoms with E-state index in [4.69, 9.17) is 0 Å². The Morgan fingerprint density at radius 3 is 2.17 bits per heavy atom. The zero-order valence-electron chi connectivity index (χ0n) is 5.54. The molecule has 65 valence electrons. The average Bonchev–Trinajstić information content (AvgIpc) is 1.82. The van der Waals surface area contributed by atoms with Crippen LogP contribution in [-0.4, -0.2) is 0 Å². The van der Waals surface area contributed by atoms with Crippen molar-refractivity contribution in [2.75, 3.05) is 0 Å². The summed E-state index contributed by atoms with van der Waals surface area (Å²) in [6, 6.07) is 4.62. The van der Waals surface area contributed by atoms with Gasteiger partial charge in [-0.05, 0) is 12.1 Å². The van der Waals surface area contributed by atoms with Crippen molar-refractivity contribution in [3.63, 3.8) is 0 Å². The van der Waals surface area contributed by atoms with E-state index < -0.39 is 11.7 Å². The highest BCUT2D eigenvalue weighted by atomic mass is 79.9. The summed E-state index contributed by atoms with van der Waals surface area (Å²) in [6.45, 7) is 0. The minimum atomic E-state index is -4.34. The lowest BCUT2D eigenvalue weighted by Gasteiger charge is -2.06. The van der Waals surface area contributed by atoms with Crippen LogP contribution in [-0.2, 0) is 6.18 Å². The van der Waals surface area contributed by atoms with Gasteiger partial charge in [0.05, 0.1) is 5.56 Å². The van der Waals surface area contributed by atoms with Crippen LogP contribution in [0.2, 0.25) is 0 Å². The summed E-state index contributed by atoms with van der Waals surface area (Å²) in [4.78, 5) is 0. The maximum Gasteiger partial charge on any atom is 0.417 e.